The fourth-order valence-electron chi connectivity index (χ4n) is 4.10. The van der Waals surface area contributed by atoms with Crippen molar-refractivity contribution in [1.82, 2.24) is 0 Å². The van der Waals surface area contributed by atoms with E-state index in [0.29, 0.717) is 23.4 Å². The van der Waals surface area contributed by atoms with Crippen molar-refractivity contribution in [2.75, 3.05) is 5.32 Å². The number of thiophene rings is 1. The predicted octanol–water partition coefficient (Wildman–Crippen LogP) is 3.09. The van der Waals surface area contributed by atoms with Gasteiger partial charge in [0, 0.05) is 11.3 Å². The van der Waals surface area contributed by atoms with Crippen molar-refractivity contribution < 1.29 is 19.5 Å². The van der Waals surface area contributed by atoms with Gasteiger partial charge in [-0.3, -0.25) is 14.4 Å². The molecule has 4 N–H and O–H groups in total. The number of nitrogens with two attached hydrogens (primary N) is 1. The van der Waals surface area contributed by atoms with Gasteiger partial charge in [-0.1, -0.05) is 25.7 Å². The third-order valence-electron chi connectivity index (χ3n) is 5.43. The van der Waals surface area contributed by atoms with E-state index in [1.807, 2.05) is 0 Å². The van der Waals surface area contributed by atoms with Gasteiger partial charge in [-0.25, -0.2) is 0 Å². The lowest BCUT2D eigenvalue weighted by atomic mass is 9.77. The molecule has 0 spiro atoms. The molecule has 136 valence electrons. The molecule has 0 atom stereocenters. The first kappa shape index (κ1) is 17.9. The predicted molar refractivity (Wildman–Crippen MR) is 95.9 cm³/mol. The molecule has 0 aliphatic heterocycles. The van der Waals surface area contributed by atoms with E-state index in [2.05, 4.69) is 5.32 Å². The van der Waals surface area contributed by atoms with E-state index >= 15 is 0 Å². The molecular formula is C18H24N2O4S. The molecule has 0 bridgehead atoms. The van der Waals surface area contributed by atoms with E-state index in [1.165, 1.54) is 11.3 Å². The van der Waals surface area contributed by atoms with Crippen molar-refractivity contribution in [3.8, 4) is 0 Å². The summed E-state index contributed by atoms with van der Waals surface area (Å²) in [6.07, 6.45) is 7.40. The minimum Gasteiger partial charge on any atom is -0.481 e. The lowest BCUT2D eigenvalue weighted by Gasteiger charge is -2.27. The molecule has 6 nitrogen and oxygen atoms in total. The average Bonchev–Trinajstić information content (AvgIpc) is 3.00. The summed E-state index contributed by atoms with van der Waals surface area (Å²) in [6.45, 7) is 0. The summed E-state index contributed by atoms with van der Waals surface area (Å²) in [5.41, 5.74) is 5.88. The first-order valence-corrected chi connectivity index (χ1v) is 9.72. The number of aryl methyl sites for hydroxylation is 1. The fraction of sp³-hybridized carbons (Fsp3) is 0.611. The van der Waals surface area contributed by atoms with Crippen molar-refractivity contribution in [2.45, 2.75) is 64.2 Å². The number of rotatable bonds is 5. The summed E-state index contributed by atoms with van der Waals surface area (Å²) in [6, 6.07) is 0. The number of anilines is 1. The number of carbonyl (C=O) groups excluding carboxylic acids is 2. The van der Waals surface area contributed by atoms with Crippen molar-refractivity contribution >= 4 is 34.1 Å². The van der Waals surface area contributed by atoms with Gasteiger partial charge in [0.1, 0.15) is 5.00 Å². The number of nitrogens with one attached hydrogen (secondary N) is 1. The normalized spacial score (nSPS) is 19.0. The molecule has 1 fully saturated rings. The van der Waals surface area contributed by atoms with Gasteiger partial charge in [-0.05, 0) is 37.7 Å². The largest absolute Gasteiger partial charge is 0.481 e. The van der Waals surface area contributed by atoms with Crippen LogP contribution >= 0.6 is 11.3 Å². The SMILES string of the molecule is NC(=O)c1c(NC(=O)CC2(C(=O)O)CCCCCC2)sc2c1CCC2. The molecule has 2 aliphatic carbocycles. The summed E-state index contributed by atoms with van der Waals surface area (Å²) in [7, 11) is 0. The number of hydrogen-bond acceptors (Lipinski definition) is 4. The maximum Gasteiger partial charge on any atom is 0.310 e. The van der Waals surface area contributed by atoms with Crippen molar-refractivity contribution in [1.29, 1.82) is 0 Å². The summed E-state index contributed by atoms with van der Waals surface area (Å²) in [5, 5.41) is 13.0. The Labute approximate surface area is 150 Å². The molecule has 0 saturated heterocycles. The number of fused-ring (bicyclic) bond motifs is 1. The zero-order valence-corrected chi connectivity index (χ0v) is 15.0. The van der Waals surface area contributed by atoms with Crippen molar-refractivity contribution in [3.05, 3.63) is 16.0 Å². The zero-order chi connectivity index (χ0) is 18.0. The van der Waals surface area contributed by atoms with E-state index in [4.69, 9.17) is 5.73 Å². The van der Waals surface area contributed by atoms with E-state index in [1.54, 1.807) is 0 Å². The van der Waals surface area contributed by atoms with Crippen LogP contribution in [0.15, 0.2) is 0 Å². The number of carbonyl (C=O) groups is 3. The molecule has 1 saturated carbocycles. The molecule has 2 aliphatic rings. The molecule has 1 aromatic rings. The lowest BCUT2D eigenvalue weighted by molar-refractivity contribution is -0.152. The second kappa shape index (κ2) is 7.15. The van der Waals surface area contributed by atoms with Gasteiger partial charge >= 0.3 is 5.97 Å². The Bertz CT molecular complexity index is 702. The molecule has 1 heterocycles. The van der Waals surface area contributed by atoms with Crippen molar-refractivity contribution in [3.63, 3.8) is 0 Å². The van der Waals surface area contributed by atoms with Crippen LogP contribution in [0.2, 0.25) is 0 Å². The maximum atomic E-state index is 12.6. The number of amides is 2. The van der Waals surface area contributed by atoms with Crippen LogP contribution < -0.4 is 11.1 Å². The topological polar surface area (TPSA) is 109 Å². The minimum atomic E-state index is -0.993. The Hall–Kier alpha value is -1.89. The Morgan fingerprint density at radius 3 is 2.36 bits per heavy atom. The van der Waals surface area contributed by atoms with Gasteiger partial charge in [-0.2, -0.15) is 0 Å². The Morgan fingerprint density at radius 2 is 1.76 bits per heavy atom. The Kier molecular flexibility index (Phi) is 5.13. The molecule has 0 unspecified atom stereocenters. The standard InChI is InChI=1S/C18H24N2O4S/c19-15(22)14-11-6-5-7-12(11)25-16(14)20-13(21)10-18(17(23)24)8-3-1-2-4-9-18/h1-10H2,(H2,19,22)(H,20,21)(H,23,24). The summed E-state index contributed by atoms with van der Waals surface area (Å²) < 4.78 is 0. The number of aliphatic carboxylic acids is 1. The highest BCUT2D eigenvalue weighted by Crippen LogP contribution is 2.41. The number of hydrogen-bond donors (Lipinski definition) is 3. The molecule has 3 rings (SSSR count). The van der Waals surface area contributed by atoms with E-state index in [-0.39, 0.29) is 12.3 Å². The van der Waals surface area contributed by atoms with Crippen LogP contribution in [-0.4, -0.2) is 22.9 Å². The summed E-state index contributed by atoms with van der Waals surface area (Å²) in [4.78, 5) is 37.4. The summed E-state index contributed by atoms with van der Waals surface area (Å²) in [5.74, 6) is -1.77. The quantitative estimate of drug-likeness (QED) is 0.697. The molecule has 25 heavy (non-hydrogen) atoms. The Balaban J connectivity index is 1.78. The Morgan fingerprint density at radius 1 is 1.08 bits per heavy atom. The van der Waals surface area contributed by atoms with Gasteiger partial charge < -0.3 is 16.2 Å². The third-order valence-corrected chi connectivity index (χ3v) is 6.64. The molecular weight excluding hydrogens is 340 g/mol. The number of carboxylic acids is 1. The van der Waals surface area contributed by atoms with E-state index < -0.39 is 17.3 Å². The molecule has 7 heteroatoms. The van der Waals surface area contributed by atoms with Crippen LogP contribution in [0, 0.1) is 5.41 Å². The second-order valence-electron chi connectivity index (χ2n) is 7.15. The van der Waals surface area contributed by atoms with Crippen LogP contribution in [-0.2, 0) is 22.4 Å². The summed E-state index contributed by atoms with van der Waals surface area (Å²) >= 11 is 1.40. The second-order valence-corrected chi connectivity index (χ2v) is 8.26. The molecule has 2 amide bonds. The van der Waals surface area contributed by atoms with Crippen LogP contribution in [0.3, 0.4) is 0 Å². The van der Waals surface area contributed by atoms with Gasteiger partial charge in [-0.15, -0.1) is 11.3 Å². The first-order chi connectivity index (χ1) is 11.9. The van der Waals surface area contributed by atoms with Gasteiger partial charge in [0.15, 0.2) is 0 Å². The fourth-order valence-corrected chi connectivity index (χ4v) is 5.41. The van der Waals surface area contributed by atoms with E-state index in [0.717, 1.165) is 55.4 Å². The molecule has 0 radical (unpaired) electrons. The van der Waals surface area contributed by atoms with Crippen LogP contribution in [0.25, 0.3) is 0 Å². The first-order valence-electron chi connectivity index (χ1n) is 8.90. The average molecular weight is 364 g/mol. The smallest absolute Gasteiger partial charge is 0.310 e. The highest BCUT2D eigenvalue weighted by Gasteiger charge is 2.41. The zero-order valence-electron chi connectivity index (χ0n) is 14.2. The third kappa shape index (κ3) is 3.56. The van der Waals surface area contributed by atoms with Gasteiger partial charge in [0.05, 0.1) is 11.0 Å². The van der Waals surface area contributed by atoms with Crippen LogP contribution in [0.1, 0.15) is 72.2 Å². The lowest BCUT2D eigenvalue weighted by Crippen LogP contribution is -2.35. The minimum absolute atomic E-state index is 0.0525. The molecule has 0 aromatic carbocycles. The van der Waals surface area contributed by atoms with Crippen LogP contribution in [0.5, 0.6) is 0 Å². The maximum absolute atomic E-state index is 12.6. The highest BCUT2D eigenvalue weighted by molar-refractivity contribution is 7.17. The monoisotopic (exact) mass is 364 g/mol. The number of primary amides is 1. The van der Waals surface area contributed by atoms with Gasteiger partial charge in [0.25, 0.3) is 5.91 Å². The molecule has 1 aromatic heterocycles. The van der Waals surface area contributed by atoms with Crippen molar-refractivity contribution in [2.24, 2.45) is 11.1 Å². The van der Waals surface area contributed by atoms with Gasteiger partial charge in [0.2, 0.25) is 5.91 Å². The number of carboxylic acid groups (broad SMARTS) is 1. The highest BCUT2D eigenvalue weighted by atomic mass is 32.1. The van der Waals surface area contributed by atoms with Crippen LogP contribution in [0.4, 0.5) is 5.00 Å². The van der Waals surface area contributed by atoms with E-state index in [9.17, 15) is 19.5 Å².